The van der Waals surface area contributed by atoms with Gasteiger partial charge in [0.2, 0.25) is 0 Å². The van der Waals surface area contributed by atoms with Crippen LogP contribution in [0.1, 0.15) is 11.6 Å². The van der Waals surface area contributed by atoms with Gasteiger partial charge in [0.1, 0.15) is 17.5 Å². The Labute approximate surface area is 96.9 Å². The van der Waals surface area contributed by atoms with Crippen LogP contribution < -0.4 is 5.73 Å². The van der Waals surface area contributed by atoms with Gasteiger partial charge in [0.25, 0.3) is 0 Å². The van der Waals surface area contributed by atoms with Gasteiger partial charge in [-0.05, 0) is 19.9 Å². The molecule has 0 fully saturated rings. The minimum atomic E-state index is -0.544. The second-order valence-corrected chi connectivity index (χ2v) is 3.85. The first-order valence-corrected chi connectivity index (χ1v) is 5.02. The van der Waals surface area contributed by atoms with Crippen LogP contribution in [0.25, 0.3) is 5.69 Å². The first-order chi connectivity index (χ1) is 7.49. The second kappa shape index (κ2) is 3.75. The standard InChI is InChI=1S/C10H10ClFN4/c1-5-14-6(2)16(15-5)10-3-7(11)8(12)4-9(10)13/h3-4H,13H2,1-2H3. The maximum atomic E-state index is 13.1. The summed E-state index contributed by atoms with van der Waals surface area (Å²) in [5, 5.41) is 4.17. The Kier molecular flexibility index (Phi) is 2.55. The van der Waals surface area contributed by atoms with Crippen molar-refractivity contribution in [3.05, 3.63) is 34.6 Å². The van der Waals surface area contributed by atoms with E-state index in [0.29, 0.717) is 17.3 Å². The van der Waals surface area contributed by atoms with Gasteiger partial charge in [-0.2, -0.15) is 5.10 Å². The van der Waals surface area contributed by atoms with Crippen molar-refractivity contribution < 1.29 is 4.39 Å². The third-order valence-electron chi connectivity index (χ3n) is 2.17. The molecule has 0 saturated heterocycles. The number of anilines is 1. The Morgan fingerprint density at radius 1 is 1.38 bits per heavy atom. The number of aromatic nitrogens is 3. The third-order valence-corrected chi connectivity index (χ3v) is 2.46. The fourth-order valence-electron chi connectivity index (χ4n) is 1.48. The zero-order chi connectivity index (χ0) is 11.9. The van der Waals surface area contributed by atoms with Crippen molar-refractivity contribution in [3.8, 4) is 5.69 Å². The van der Waals surface area contributed by atoms with Gasteiger partial charge in [0.15, 0.2) is 0 Å². The van der Waals surface area contributed by atoms with E-state index in [1.807, 2.05) is 0 Å². The van der Waals surface area contributed by atoms with E-state index in [0.717, 1.165) is 0 Å². The minimum absolute atomic E-state index is 0.0109. The van der Waals surface area contributed by atoms with Crippen LogP contribution in [0.5, 0.6) is 0 Å². The van der Waals surface area contributed by atoms with Gasteiger partial charge in [-0.1, -0.05) is 11.6 Å². The Morgan fingerprint density at radius 3 is 2.62 bits per heavy atom. The van der Waals surface area contributed by atoms with Crippen LogP contribution in [0.15, 0.2) is 12.1 Å². The smallest absolute Gasteiger partial charge is 0.148 e. The van der Waals surface area contributed by atoms with E-state index in [4.69, 9.17) is 17.3 Å². The fourth-order valence-corrected chi connectivity index (χ4v) is 1.64. The average molecular weight is 241 g/mol. The average Bonchev–Trinajstić information content (AvgIpc) is 2.51. The predicted octanol–water partition coefficient (Wildman–Crippen LogP) is 2.26. The van der Waals surface area contributed by atoms with Crippen LogP contribution in [0, 0.1) is 19.7 Å². The van der Waals surface area contributed by atoms with E-state index in [1.165, 1.54) is 16.8 Å². The molecule has 0 aliphatic heterocycles. The van der Waals surface area contributed by atoms with E-state index in [1.54, 1.807) is 13.8 Å². The summed E-state index contributed by atoms with van der Waals surface area (Å²) in [7, 11) is 0. The summed E-state index contributed by atoms with van der Waals surface area (Å²) >= 11 is 5.70. The number of aryl methyl sites for hydroxylation is 2. The van der Waals surface area contributed by atoms with Crippen molar-refractivity contribution in [2.45, 2.75) is 13.8 Å². The minimum Gasteiger partial charge on any atom is -0.397 e. The van der Waals surface area contributed by atoms with Gasteiger partial charge < -0.3 is 5.73 Å². The maximum Gasteiger partial charge on any atom is 0.148 e. The quantitative estimate of drug-likeness (QED) is 0.778. The van der Waals surface area contributed by atoms with Gasteiger partial charge >= 0.3 is 0 Å². The SMILES string of the molecule is Cc1nc(C)n(-c2cc(Cl)c(F)cc2N)n1. The highest BCUT2D eigenvalue weighted by Crippen LogP contribution is 2.25. The topological polar surface area (TPSA) is 56.7 Å². The summed E-state index contributed by atoms with van der Waals surface area (Å²) in [4.78, 5) is 4.14. The molecular weight excluding hydrogens is 231 g/mol. The zero-order valence-electron chi connectivity index (χ0n) is 8.83. The molecular formula is C10H10ClFN4. The lowest BCUT2D eigenvalue weighted by atomic mass is 10.2. The molecule has 0 saturated carbocycles. The molecule has 0 unspecified atom stereocenters. The first kappa shape index (κ1) is 10.9. The van der Waals surface area contributed by atoms with Crippen molar-refractivity contribution in [2.24, 2.45) is 0 Å². The summed E-state index contributed by atoms with van der Waals surface area (Å²) < 4.78 is 14.7. The molecule has 2 rings (SSSR count). The Hall–Kier alpha value is -1.62. The van der Waals surface area contributed by atoms with Crippen molar-refractivity contribution >= 4 is 17.3 Å². The normalized spacial score (nSPS) is 10.8. The number of hydrogen-bond donors (Lipinski definition) is 1. The van der Waals surface area contributed by atoms with E-state index in [-0.39, 0.29) is 10.7 Å². The van der Waals surface area contributed by atoms with Crippen molar-refractivity contribution in [1.29, 1.82) is 0 Å². The van der Waals surface area contributed by atoms with Crippen LogP contribution in [0.2, 0.25) is 5.02 Å². The number of halogens is 2. The van der Waals surface area contributed by atoms with E-state index in [9.17, 15) is 4.39 Å². The molecule has 1 heterocycles. The Bertz CT molecular complexity index is 550. The van der Waals surface area contributed by atoms with E-state index in [2.05, 4.69) is 10.1 Å². The van der Waals surface area contributed by atoms with Crippen LogP contribution >= 0.6 is 11.6 Å². The molecule has 0 aliphatic carbocycles. The maximum absolute atomic E-state index is 13.1. The number of nitrogens with zero attached hydrogens (tertiary/aromatic N) is 3. The Balaban J connectivity index is 2.64. The lowest BCUT2D eigenvalue weighted by molar-refractivity contribution is 0.628. The van der Waals surface area contributed by atoms with Gasteiger partial charge in [0.05, 0.1) is 16.4 Å². The molecule has 0 atom stereocenters. The molecule has 84 valence electrons. The highest BCUT2D eigenvalue weighted by atomic mass is 35.5. The lowest BCUT2D eigenvalue weighted by Gasteiger charge is -2.07. The highest BCUT2D eigenvalue weighted by Gasteiger charge is 2.11. The van der Waals surface area contributed by atoms with Crippen molar-refractivity contribution in [3.63, 3.8) is 0 Å². The molecule has 6 heteroatoms. The van der Waals surface area contributed by atoms with Crippen LogP contribution in [-0.2, 0) is 0 Å². The molecule has 2 N–H and O–H groups in total. The van der Waals surface area contributed by atoms with Crippen LogP contribution in [0.3, 0.4) is 0 Å². The number of rotatable bonds is 1. The summed E-state index contributed by atoms with van der Waals surface area (Å²) in [5.74, 6) is 0.752. The molecule has 16 heavy (non-hydrogen) atoms. The monoisotopic (exact) mass is 240 g/mol. The molecule has 0 aliphatic rings. The summed E-state index contributed by atoms with van der Waals surface area (Å²) in [6.07, 6.45) is 0. The third kappa shape index (κ3) is 1.74. The largest absolute Gasteiger partial charge is 0.397 e. The number of benzene rings is 1. The molecule has 0 amide bonds. The molecule has 2 aromatic rings. The van der Waals surface area contributed by atoms with Crippen LogP contribution in [0.4, 0.5) is 10.1 Å². The van der Waals surface area contributed by atoms with E-state index >= 15 is 0 Å². The van der Waals surface area contributed by atoms with Crippen molar-refractivity contribution in [2.75, 3.05) is 5.73 Å². The molecule has 1 aromatic carbocycles. The highest BCUT2D eigenvalue weighted by molar-refractivity contribution is 6.31. The zero-order valence-corrected chi connectivity index (χ0v) is 9.59. The van der Waals surface area contributed by atoms with Gasteiger partial charge in [-0.15, -0.1) is 0 Å². The van der Waals surface area contributed by atoms with Gasteiger partial charge in [-0.3, -0.25) is 0 Å². The Morgan fingerprint density at radius 2 is 2.06 bits per heavy atom. The van der Waals surface area contributed by atoms with Gasteiger partial charge in [-0.25, -0.2) is 14.1 Å². The summed E-state index contributed by atoms with van der Waals surface area (Å²) in [6, 6.07) is 2.61. The summed E-state index contributed by atoms with van der Waals surface area (Å²) in [6.45, 7) is 3.56. The molecule has 4 nitrogen and oxygen atoms in total. The predicted molar refractivity (Wildman–Crippen MR) is 60.2 cm³/mol. The number of hydrogen-bond acceptors (Lipinski definition) is 3. The van der Waals surface area contributed by atoms with Gasteiger partial charge in [0, 0.05) is 6.07 Å². The number of nitrogens with two attached hydrogens (primary N) is 1. The number of nitrogen functional groups attached to an aromatic ring is 1. The molecule has 0 radical (unpaired) electrons. The molecule has 0 spiro atoms. The molecule has 0 bridgehead atoms. The summed E-state index contributed by atoms with van der Waals surface area (Å²) in [5.41, 5.74) is 6.52. The van der Waals surface area contributed by atoms with Crippen LogP contribution in [-0.4, -0.2) is 14.8 Å². The second-order valence-electron chi connectivity index (χ2n) is 3.44. The fraction of sp³-hybridized carbons (Fsp3) is 0.200. The van der Waals surface area contributed by atoms with E-state index < -0.39 is 5.82 Å². The lowest BCUT2D eigenvalue weighted by Crippen LogP contribution is -2.04. The molecule has 1 aromatic heterocycles. The van der Waals surface area contributed by atoms with Crippen molar-refractivity contribution in [1.82, 2.24) is 14.8 Å². The first-order valence-electron chi connectivity index (χ1n) is 4.64.